The second-order valence-corrected chi connectivity index (χ2v) is 8.50. The summed E-state index contributed by atoms with van der Waals surface area (Å²) in [6, 6.07) is 7.49. The van der Waals surface area contributed by atoms with E-state index in [1.54, 1.807) is 45.3 Å². The number of carbonyl (C=O) groups excluding carboxylic acids is 2. The number of hydrogen-bond acceptors (Lipinski definition) is 5. The third-order valence-electron chi connectivity index (χ3n) is 4.21. The predicted octanol–water partition coefficient (Wildman–Crippen LogP) is 4.74. The lowest BCUT2D eigenvalue weighted by Gasteiger charge is -2.27. The van der Waals surface area contributed by atoms with Crippen molar-refractivity contribution in [3.63, 3.8) is 0 Å². The van der Waals surface area contributed by atoms with Crippen LogP contribution in [-0.4, -0.2) is 33.1 Å². The SMILES string of the molecule is CC(C)(C)OC(=O)NC(C)(C)C(=O)Nc1ccc(Oc2ccnc3[nH]ccc23)c(F)c1. The van der Waals surface area contributed by atoms with Gasteiger partial charge in [-0.1, -0.05) is 0 Å². The Bertz CT molecular complexity index is 1120. The van der Waals surface area contributed by atoms with E-state index in [1.165, 1.54) is 26.0 Å². The number of aromatic nitrogens is 2. The van der Waals surface area contributed by atoms with Crippen molar-refractivity contribution in [2.75, 3.05) is 5.32 Å². The zero-order valence-corrected chi connectivity index (χ0v) is 18.0. The minimum atomic E-state index is -1.29. The van der Waals surface area contributed by atoms with Crippen molar-refractivity contribution in [3.05, 3.63) is 48.5 Å². The van der Waals surface area contributed by atoms with Gasteiger partial charge in [0, 0.05) is 24.1 Å². The molecule has 0 saturated carbocycles. The molecule has 0 bridgehead atoms. The second kappa shape index (κ2) is 8.25. The first-order valence-corrected chi connectivity index (χ1v) is 9.67. The Morgan fingerprint density at radius 1 is 1.06 bits per heavy atom. The van der Waals surface area contributed by atoms with Crippen LogP contribution in [0.25, 0.3) is 11.0 Å². The average Bonchev–Trinajstić information content (AvgIpc) is 3.11. The highest BCUT2D eigenvalue weighted by atomic mass is 19.1. The predicted molar refractivity (Wildman–Crippen MR) is 115 cm³/mol. The van der Waals surface area contributed by atoms with Crippen LogP contribution in [0.4, 0.5) is 14.9 Å². The topological polar surface area (TPSA) is 105 Å². The van der Waals surface area contributed by atoms with Crippen molar-refractivity contribution < 1.29 is 23.5 Å². The molecule has 3 N–H and O–H groups in total. The number of halogens is 1. The highest BCUT2D eigenvalue weighted by Crippen LogP contribution is 2.31. The lowest BCUT2D eigenvalue weighted by Crippen LogP contribution is -2.53. The van der Waals surface area contributed by atoms with E-state index in [-0.39, 0.29) is 11.4 Å². The summed E-state index contributed by atoms with van der Waals surface area (Å²) in [5, 5.41) is 5.81. The first-order valence-electron chi connectivity index (χ1n) is 9.67. The van der Waals surface area contributed by atoms with E-state index in [9.17, 15) is 14.0 Å². The molecular weight excluding hydrogens is 403 g/mol. The van der Waals surface area contributed by atoms with Gasteiger partial charge < -0.3 is 25.1 Å². The Morgan fingerprint density at radius 2 is 1.81 bits per heavy atom. The number of hydrogen-bond donors (Lipinski definition) is 3. The number of ether oxygens (including phenoxy) is 2. The quantitative estimate of drug-likeness (QED) is 0.545. The number of anilines is 1. The summed E-state index contributed by atoms with van der Waals surface area (Å²) < 4.78 is 25.5. The monoisotopic (exact) mass is 428 g/mol. The van der Waals surface area contributed by atoms with Crippen LogP contribution < -0.4 is 15.4 Å². The zero-order valence-electron chi connectivity index (χ0n) is 18.0. The lowest BCUT2D eigenvalue weighted by atomic mass is 10.0. The third-order valence-corrected chi connectivity index (χ3v) is 4.21. The number of aromatic amines is 1. The maximum Gasteiger partial charge on any atom is 0.408 e. The molecule has 0 atom stereocenters. The summed E-state index contributed by atoms with van der Waals surface area (Å²) in [4.78, 5) is 31.7. The van der Waals surface area contributed by atoms with Crippen LogP contribution in [0.1, 0.15) is 34.6 Å². The summed E-state index contributed by atoms with van der Waals surface area (Å²) in [5.74, 6) is -0.742. The van der Waals surface area contributed by atoms with Crippen LogP contribution in [0.5, 0.6) is 11.5 Å². The van der Waals surface area contributed by atoms with Gasteiger partial charge >= 0.3 is 6.09 Å². The molecule has 0 aliphatic rings. The van der Waals surface area contributed by atoms with Gasteiger partial charge in [-0.25, -0.2) is 14.2 Å². The van der Waals surface area contributed by atoms with E-state index in [1.807, 2.05) is 0 Å². The van der Waals surface area contributed by atoms with Gasteiger partial charge in [0.1, 0.15) is 22.5 Å². The van der Waals surface area contributed by atoms with Gasteiger partial charge in [-0.15, -0.1) is 0 Å². The number of H-pyrrole nitrogens is 1. The van der Waals surface area contributed by atoms with Gasteiger partial charge in [0.2, 0.25) is 5.91 Å². The maximum atomic E-state index is 14.6. The Labute approximate surface area is 179 Å². The van der Waals surface area contributed by atoms with E-state index in [0.717, 1.165) is 6.07 Å². The molecule has 2 heterocycles. The molecule has 0 radical (unpaired) electrons. The second-order valence-electron chi connectivity index (χ2n) is 8.50. The van der Waals surface area contributed by atoms with Gasteiger partial charge in [-0.2, -0.15) is 0 Å². The standard InChI is InChI=1S/C22H25FN4O4/c1-21(2,3)31-20(29)27-22(4,5)19(28)26-13-6-7-17(15(23)12-13)30-16-9-11-25-18-14(16)8-10-24-18/h6-12H,1-5H3,(H,24,25)(H,26,28)(H,27,29). The number of rotatable bonds is 5. The van der Waals surface area contributed by atoms with Crippen LogP contribution in [0, 0.1) is 5.82 Å². The van der Waals surface area contributed by atoms with Gasteiger partial charge in [0.05, 0.1) is 5.39 Å². The fourth-order valence-corrected chi connectivity index (χ4v) is 2.71. The molecule has 3 rings (SSSR count). The molecular formula is C22H25FN4O4. The van der Waals surface area contributed by atoms with E-state index >= 15 is 0 Å². The Balaban J connectivity index is 1.69. The molecule has 0 aliphatic heterocycles. The molecule has 9 heteroatoms. The summed E-state index contributed by atoms with van der Waals surface area (Å²) in [7, 11) is 0. The molecule has 31 heavy (non-hydrogen) atoms. The first-order chi connectivity index (χ1) is 14.4. The van der Waals surface area contributed by atoms with Gasteiger partial charge in [-0.05, 0) is 58.9 Å². The highest BCUT2D eigenvalue weighted by Gasteiger charge is 2.31. The van der Waals surface area contributed by atoms with Crippen LogP contribution in [0.15, 0.2) is 42.7 Å². The van der Waals surface area contributed by atoms with Gasteiger partial charge in [0.25, 0.3) is 0 Å². The van der Waals surface area contributed by atoms with Crippen LogP contribution >= 0.6 is 0 Å². The molecule has 0 saturated heterocycles. The smallest absolute Gasteiger partial charge is 0.408 e. The minimum Gasteiger partial charge on any atom is -0.453 e. The van der Waals surface area contributed by atoms with E-state index in [4.69, 9.17) is 9.47 Å². The van der Waals surface area contributed by atoms with Crippen molar-refractivity contribution in [3.8, 4) is 11.5 Å². The molecule has 0 aliphatic carbocycles. The van der Waals surface area contributed by atoms with Crippen molar-refractivity contribution in [2.45, 2.75) is 45.8 Å². The molecule has 2 aromatic heterocycles. The third kappa shape index (κ3) is 5.50. The largest absolute Gasteiger partial charge is 0.453 e. The van der Waals surface area contributed by atoms with Crippen LogP contribution in [0.3, 0.4) is 0 Å². The molecule has 1 aromatic carbocycles. The fraction of sp³-hybridized carbons (Fsp3) is 0.318. The molecule has 0 spiro atoms. The minimum absolute atomic E-state index is 0.00200. The number of fused-ring (bicyclic) bond motifs is 1. The van der Waals surface area contributed by atoms with Gasteiger partial charge in [0.15, 0.2) is 11.6 Å². The zero-order chi connectivity index (χ0) is 22.8. The molecule has 164 valence electrons. The number of amides is 2. The summed E-state index contributed by atoms with van der Waals surface area (Å²) in [6.07, 6.45) is 2.54. The number of carbonyl (C=O) groups is 2. The van der Waals surface area contributed by atoms with Crippen molar-refractivity contribution >= 4 is 28.7 Å². The highest BCUT2D eigenvalue weighted by molar-refractivity contribution is 5.99. The Hall–Kier alpha value is -3.62. The van der Waals surface area contributed by atoms with Crippen molar-refractivity contribution in [1.82, 2.24) is 15.3 Å². The average molecular weight is 428 g/mol. The normalized spacial score (nSPS) is 11.8. The number of benzene rings is 1. The number of nitrogens with one attached hydrogen (secondary N) is 3. The molecule has 3 aromatic rings. The lowest BCUT2D eigenvalue weighted by molar-refractivity contribution is -0.121. The Morgan fingerprint density at radius 3 is 2.48 bits per heavy atom. The Kier molecular flexibility index (Phi) is 5.88. The van der Waals surface area contributed by atoms with Crippen LogP contribution in [-0.2, 0) is 9.53 Å². The summed E-state index contributed by atoms with van der Waals surface area (Å²) >= 11 is 0. The summed E-state index contributed by atoms with van der Waals surface area (Å²) in [5.41, 5.74) is -1.14. The van der Waals surface area contributed by atoms with Crippen molar-refractivity contribution in [1.29, 1.82) is 0 Å². The number of pyridine rings is 1. The number of nitrogens with zero attached hydrogens (tertiary/aromatic N) is 1. The first kappa shape index (κ1) is 22.1. The van der Waals surface area contributed by atoms with Gasteiger partial charge in [-0.3, -0.25) is 4.79 Å². The fourth-order valence-electron chi connectivity index (χ4n) is 2.71. The van der Waals surface area contributed by atoms with E-state index < -0.39 is 29.0 Å². The van der Waals surface area contributed by atoms with E-state index in [0.29, 0.717) is 16.8 Å². The molecule has 2 amide bonds. The van der Waals surface area contributed by atoms with Crippen molar-refractivity contribution in [2.24, 2.45) is 0 Å². The summed E-state index contributed by atoms with van der Waals surface area (Å²) in [6.45, 7) is 8.20. The van der Waals surface area contributed by atoms with Crippen LogP contribution in [0.2, 0.25) is 0 Å². The molecule has 0 unspecified atom stereocenters. The van der Waals surface area contributed by atoms with E-state index in [2.05, 4.69) is 20.6 Å². The molecule has 8 nitrogen and oxygen atoms in total. The molecule has 0 fully saturated rings. The maximum absolute atomic E-state index is 14.6. The number of alkyl carbamates (subject to hydrolysis) is 1.